The van der Waals surface area contributed by atoms with Gasteiger partial charge in [-0.1, -0.05) is 32.6 Å². The van der Waals surface area contributed by atoms with E-state index in [4.69, 9.17) is 5.73 Å². The summed E-state index contributed by atoms with van der Waals surface area (Å²) in [4.78, 5) is 2.56. The Kier molecular flexibility index (Phi) is 3.91. The number of likely N-dealkylation sites (N-methyl/N-ethyl adjacent to an activating group) is 1. The van der Waals surface area contributed by atoms with Gasteiger partial charge in [-0.25, -0.2) is 0 Å². The quantitative estimate of drug-likeness (QED) is 0.798. The molecule has 0 radical (unpaired) electrons. The Bertz CT molecular complexity index is 221. The molecule has 2 unspecified atom stereocenters. The molecule has 0 aromatic rings. The highest BCUT2D eigenvalue weighted by molar-refractivity contribution is 4.93. The molecule has 0 saturated heterocycles. The van der Waals surface area contributed by atoms with Gasteiger partial charge in [-0.2, -0.15) is 0 Å². The molecule has 0 aromatic heterocycles. The molecule has 0 aromatic carbocycles. The van der Waals surface area contributed by atoms with Gasteiger partial charge in [0.2, 0.25) is 0 Å². The molecule has 2 nitrogen and oxygen atoms in total. The summed E-state index contributed by atoms with van der Waals surface area (Å²) in [5, 5.41) is 0. The first-order valence-corrected chi connectivity index (χ1v) is 7.10. The lowest BCUT2D eigenvalue weighted by molar-refractivity contribution is 0.113. The van der Waals surface area contributed by atoms with Crippen molar-refractivity contribution < 1.29 is 0 Å². The van der Waals surface area contributed by atoms with Crippen LogP contribution in [0.1, 0.15) is 58.3 Å². The lowest BCUT2D eigenvalue weighted by Gasteiger charge is -2.40. The zero-order chi connectivity index (χ0) is 11.6. The van der Waals surface area contributed by atoms with E-state index < -0.39 is 0 Å². The largest absolute Gasteiger partial charge is 0.324 e. The first-order valence-electron chi connectivity index (χ1n) is 7.10. The molecule has 2 N–H and O–H groups in total. The molecular weight excluding hydrogens is 196 g/mol. The molecule has 2 saturated carbocycles. The van der Waals surface area contributed by atoms with Crippen LogP contribution in [0.25, 0.3) is 0 Å². The van der Waals surface area contributed by atoms with Crippen LogP contribution in [0.15, 0.2) is 0 Å². The molecule has 2 aliphatic rings. The van der Waals surface area contributed by atoms with Gasteiger partial charge in [-0.05, 0) is 38.6 Å². The van der Waals surface area contributed by atoms with Gasteiger partial charge in [0.25, 0.3) is 0 Å². The van der Waals surface area contributed by atoms with E-state index in [1.165, 1.54) is 51.4 Å². The van der Waals surface area contributed by atoms with E-state index in [0.29, 0.717) is 0 Å². The van der Waals surface area contributed by atoms with E-state index in [2.05, 4.69) is 18.9 Å². The fraction of sp³-hybridized carbons (Fsp3) is 1.00. The SMILES string of the molecule is CC1CCCCC1N(C)CC1(N)CCCC1. The predicted octanol–water partition coefficient (Wildman–Crippen LogP) is 2.77. The summed E-state index contributed by atoms with van der Waals surface area (Å²) in [5.41, 5.74) is 6.60. The maximum Gasteiger partial charge on any atom is 0.0283 e. The monoisotopic (exact) mass is 224 g/mol. The van der Waals surface area contributed by atoms with Crippen LogP contribution in [-0.2, 0) is 0 Å². The zero-order valence-electron chi connectivity index (χ0n) is 11.0. The highest BCUT2D eigenvalue weighted by atomic mass is 15.2. The number of hydrogen-bond acceptors (Lipinski definition) is 2. The molecule has 2 heteroatoms. The molecule has 0 spiro atoms. The van der Waals surface area contributed by atoms with E-state index >= 15 is 0 Å². The van der Waals surface area contributed by atoms with Crippen LogP contribution in [-0.4, -0.2) is 30.1 Å². The maximum atomic E-state index is 6.47. The predicted molar refractivity (Wildman–Crippen MR) is 69.4 cm³/mol. The Balaban J connectivity index is 1.88. The second-order valence-corrected chi connectivity index (χ2v) is 6.31. The summed E-state index contributed by atoms with van der Waals surface area (Å²) in [6.07, 6.45) is 10.8. The van der Waals surface area contributed by atoms with Crippen LogP contribution >= 0.6 is 0 Å². The average Bonchev–Trinajstić information content (AvgIpc) is 2.65. The van der Waals surface area contributed by atoms with Crippen LogP contribution in [0.3, 0.4) is 0 Å². The third-order valence-corrected chi connectivity index (χ3v) is 4.80. The van der Waals surface area contributed by atoms with Crippen molar-refractivity contribution in [2.75, 3.05) is 13.6 Å². The second kappa shape index (κ2) is 5.05. The molecule has 2 aliphatic carbocycles. The summed E-state index contributed by atoms with van der Waals surface area (Å²) < 4.78 is 0. The van der Waals surface area contributed by atoms with Gasteiger partial charge < -0.3 is 10.6 Å². The van der Waals surface area contributed by atoms with Gasteiger partial charge in [-0.3, -0.25) is 0 Å². The third-order valence-electron chi connectivity index (χ3n) is 4.80. The van der Waals surface area contributed by atoms with E-state index in [1.807, 2.05) is 0 Å². The number of hydrogen-bond donors (Lipinski definition) is 1. The van der Waals surface area contributed by atoms with Crippen molar-refractivity contribution in [3.8, 4) is 0 Å². The highest BCUT2D eigenvalue weighted by Gasteiger charge is 2.34. The molecule has 2 atom stereocenters. The van der Waals surface area contributed by atoms with Gasteiger partial charge in [0.15, 0.2) is 0 Å². The fourth-order valence-electron chi connectivity index (χ4n) is 3.80. The van der Waals surface area contributed by atoms with Crippen molar-refractivity contribution >= 4 is 0 Å². The van der Waals surface area contributed by atoms with Gasteiger partial charge in [0, 0.05) is 18.1 Å². The molecule has 16 heavy (non-hydrogen) atoms. The van der Waals surface area contributed by atoms with E-state index in [1.54, 1.807) is 0 Å². The molecule has 94 valence electrons. The molecule has 2 rings (SSSR count). The Hall–Kier alpha value is -0.0800. The van der Waals surface area contributed by atoms with Crippen LogP contribution in [0.4, 0.5) is 0 Å². The third kappa shape index (κ3) is 2.78. The van der Waals surface area contributed by atoms with Crippen molar-refractivity contribution in [2.24, 2.45) is 11.7 Å². The minimum atomic E-state index is 0.131. The summed E-state index contributed by atoms with van der Waals surface area (Å²) in [5.74, 6) is 0.865. The van der Waals surface area contributed by atoms with Crippen molar-refractivity contribution in [2.45, 2.75) is 69.9 Å². The Morgan fingerprint density at radius 2 is 1.75 bits per heavy atom. The van der Waals surface area contributed by atoms with Gasteiger partial charge in [-0.15, -0.1) is 0 Å². The Morgan fingerprint density at radius 3 is 2.38 bits per heavy atom. The molecule has 0 heterocycles. The van der Waals surface area contributed by atoms with Crippen LogP contribution < -0.4 is 5.73 Å². The standard InChI is InChI=1S/C14H28N2/c1-12-7-3-4-8-13(12)16(2)11-14(15)9-5-6-10-14/h12-13H,3-11,15H2,1-2H3. The van der Waals surface area contributed by atoms with Crippen molar-refractivity contribution in [1.29, 1.82) is 0 Å². The van der Waals surface area contributed by atoms with Crippen LogP contribution in [0, 0.1) is 5.92 Å². The number of rotatable bonds is 3. The van der Waals surface area contributed by atoms with Gasteiger partial charge in [0.05, 0.1) is 0 Å². The maximum absolute atomic E-state index is 6.47. The Morgan fingerprint density at radius 1 is 1.12 bits per heavy atom. The molecular formula is C14H28N2. The minimum absolute atomic E-state index is 0.131. The van der Waals surface area contributed by atoms with Crippen molar-refractivity contribution in [3.63, 3.8) is 0 Å². The molecule has 0 amide bonds. The van der Waals surface area contributed by atoms with E-state index in [9.17, 15) is 0 Å². The first kappa shape index (κ1) is 12.4. The lowest BCUT2D eigenvalue weighted by atomic mass is 9.84. The molecule has 0 bridgehead atoms. The summed E-state index contributed by atoms with van der Waals surface area (Å²) in [7, 11) is 2.29. The van der Waals surface area contributed by atoms with E-state index in [-0.39, 0.29) is 5.54 Å². The van der Waals surface area contributed by atoms with Gasteiger partial charge >= 0.3 is 0 Å². The normalized spacial score (nSPS) is 34.5. The van der Waals surface area contributed by atoms with Crippen LogP contribution in [0.5, 0.6) is 0 Å². The van der Waals surface area contributed by atoms with Crippen molar-refractivity contribution in [3.05, 3.63) is 0 Å². The number of nitrogens with zero attached hydrogens (tertiary/aromatic N) is 1. The second-order valence-electron chi connectivity index (χ2n) is 6.31. The van der Waals surface area contributed by atoms with E-state index in [0.717, 1.165) is 18.5 Å². The Labute approximate surface area is 101 Å². The average molecular weight is 224 g/mol. The topological polar surface area (TPSA) is 29.3 Å². The smallest absolute Gasteiger partial charge is 0.0283 e. The molecule has 0 aliphatic heterocycles. The number of nitrogens with two attached hydrogens (primary N) is 1. The summed E-state index contributed by atoms with van der Waals surface area (Å²) >= 11 is 0. The minimum Gasteiger partial charge on any atom is -0.324 e. The first-order chi connectivity index (χ1) is 7.61. The van der Waals surface area contributed by atoms with Gasteiger partial charge in [0.1, 0.15) is 0 Å². The van der Waals surface area contributed by atoms with Crippen LogP contribution in [0.2, 0.25) is 0 Å². The fourth-order valence-corrected chi connectivity index (χ4v) is 3.80. The molecule has 2 fully saturated rings. The summed E-state index contributed by atoms with van der Waals surface area (Å²) in [6, 6.07) is 0.787. The highest BCUT2D eigenvalue weighted by Crippen LogP contribution is 2.32. The van der Waals surface area contributed by atoms with Crippen molar-refractivity contribution in [1.82, 2.24) is 4.90 Å². The summed E-state index contributed by atoms with van der Waals surface area (Å²) in [6.45, 7) is 3.53. The lowest BCUT2D eigenvalue weighted by Crippen LogP contribution is -2.51. The zero-order valence-corrected chi connectivity index (χ0v) is 11.0.